The van der Waals surface area contributed by atoms with Crippen LogP contribution in [-0.2, 0) is 4.84 Å². The van der Waals surface area contributed by atoms with Gasteiger partial charge in [0.1, 0.15) is 0 Å². The van der Waals surface area contributed by atoms with Crippen molar-refractivity contribution in [3.8, 4) is 0 Å². The molecule has 1 aliphatic rings. The van der Waals surface area contributed by atoms with Gasteiger partial charge < -0.3 is 10.2 Å². The van der Waals surface area contributed by atoms with Crippen LogP contribution in [0.25, 0.3) is 0 Å². The monoisotopic (exact) mass is 246 g/mol. The van der Waals surface area contributed by atoms with E-state index in [0.29, 0.717) is 9.96 Å². The zero-order chi connectivity index (χ0) is 12.6. The molecule has 2 atom stereocenters. The average Bonchev–Trinajstić information content (AvgIpc) is 2.57. The number of nitrogens with one attached hydrogen (secondary N) is 1. The molecule has 10 heteroatoms. The number of hydrazine groups is 1. The molecule has 1 aromatic heterocycles. The van der Waals surface area contributed by atoms with Gasteiger partial charge in [-0.25, -0.2) is 9.63 Å². The Hall–Kier alpha value is -1.72. The minimum Gasteiger partial charge on any atom is -0.393 e. The highest BCUT2D eigenvalue weighted by molar-refractivity contribution is 4.88. The molecule has 1 aliphatic heterocycles. The van der Waals surface area contributed by atoms with E-state index in [1.54, 1.807) is 0 Å². The molecule has 1 fully saturated rings. The van der Waals surface area contributed by atoms with E-state index in [9.17, 15) is 19.9 Å². The number of hydrogen-bond acceptors (Lipinski definition) is 8. The van der Waals surface area contributed by atoms with E-state index in [2.05, 4.69) is 0 Å². The molecule has 4 N–H and O–H groups in total. The first-order valence-electron chi connectivity index (χ1n) is 4.60. The van der Waals surface area contributed by atoms with Crippen molar-refractivity contribution in [2.75, 3.05) is 11.9 Å². The maximum atomic E-state index is 11.4. The Labute approximate surface area is 93.4 Å². The summed E-state index contributed by atoms with van der Waals surface area (Å²) in [6.45, 7) is -0.563. The zero-order valence-corrected chi connectivity index (χ0v) is 8.42. The second-order valence-corrected chi connectivity index (χ2v) is 3.27. The van der Waals surface area contributed by atoms with Gasteiger partial charge in [0, 0.05) is 12.3 Å². The van der Waals surface area contributed by atoms with Crippen LogP contribution in [0, 0.1) is 0 Å². The van der Waals surface area contributed by atoms with Crippen LogP contribution < -0.4 is 16.5 Å². The average molecular weight is 246 g/mol. The fourth-order valence-corrected chi connectivity index (χ4v) is 1.30. The molecule has 2 heterocycles. The van der Waals surface area contributed by atoms with Gasteiger partial charge in [-0.2, -0.15) is 4.68 Å². The lowest BCUT2D eigenvalue weighted by atomic mass is 10.3. The third-order valence-corrected chi connectivity index (χ3v) is 2.14. The van der Waals surface area contributed by atoms with Crippen molar-refractivity contribution < 1.29 is 20.3 Å². The first-order chi connectivity index (χ1) is 8.04. The number of hydroxylamine groups is 1. The van der Waals surface area contributed by atoms with Gasteiger partial charge in [-0.1, -0.05) is 5.28 Å². The van der Waals surface area contributed by atoms with E-state index in [1.165, 1.54) is 0 Å². The Balaban J connectivity index is 2.35. The lowest BCUT2D eigenvalue weighted by Crippen LogP contribution is -2.50. The maximum absolute atomic E-state index is 11.4. The Morgan fingerprint density at radius 2 is 2.18 bits per heavy atom. The molecule has 0 unspecified atom stereocenters. The van der Waals surface area contributed by atoms with Crippen LogP contribution in [0.3, 0.4) is 0 Å². The Bertz CT molecular complexity index is 512. The molecule has 0 amide bonds. The predicted molar refractivity (Wildman–Crippen MR) is 51.1 cm³/mol. The van der Waals surface area contributed by atoms with E-state index in [-0.39, 0.29) is 5.17 Å². The lowest BCUT2D eigenvalue weighted by molar-refractivity contribution is -0.210. The third-order valence-electron chi connectivity index (χ3n) is 2.14. The molecule has 0 aliphatic carbocycles. The highest BCUT2D eigenvalue weighted by Crippen LogP contribution is 2.15. The third kappa shape index (κ3) is 1.94. The highest BCUT2D eigenvalue weighted by atomic mass is 16.9. The summed E-state index contributed by atoms with van der Waals surface area (Å²) in [6, 6.07) is 1.03. The molecule has 0 spiro atoms. The number of aromatic amines is 1. The first-order valence-corrected chi connectivity index (χ1v) is 4.60. The molecule has 94 valence electrons. The van der Waals surface area contributed by atoms with Gasteiger partial charge in [0.2, 0.25) is 0 Å². The second-order valence-electron chi connectivity index (χ2n) is 3.27. The van der Waals surface area contributed by atoms with Gasteiger partial charge in [0.25, 0.3) is 5.56 Å². The van der Waals surface area contributed by atoms with E-state index in [1.807, 2.05) is 4.98 Å². The number of hydrogen-bond donors (Lipinski definition) is 4. The van der Waals surface area contributed by atoms with Gasteiger partial charge in [-0.3, -0.25) is 15.0 Å². The van der Waals surface area contributed by atoms with Crippen molar-refractivity contribution in [1.82, 2.24) is 14.8 Å². The van der Waals surface area contributed by atoms with Crippen LogP contribution in [0.5, 0.6) is 0 Å². The number of nitrogens with zero attached hydrogens (tertiary/aromatic N) is 3. The van der Waals surface area contributed by atoms with Crippen LogP contribution in [0.1, 0.15) is 0 Å². The highest BCUT2D eigenvalue weighted by Gasteiger charge is 2.40. The molecule has 0 aromatic carbocycles. The Kier molecular flexibility index (Phi) is 2.95. The fourth-order valence-electron chi connectivity index (χ4n) is 1.30. The summed E-state index contributed by atoms with van der Waals surface area (Å²) in [7, 11) is 0. The van der Waals surface area contributed by atoms with E-state index < -0.39 is 30.2 Å². The molecule has 1 aromatic rings. The zero-order valence-electron chi connectivity index (χ0n) is 8.42. The normalized spacial score (nSPS) is 25.5. The van der Waals surface area contributed by atoms with Gasteiger partial charge in [-0.05, 0) is 5.17 Å². The van der Waals surface area contributed by atoms with Crippen molar-refractivity contribution >= 4 is 0 Å². The molecule has 0 radical (unpaired) electrons. The molecule has 10 nitrogen and oxygen atoms in total. The van der Waals surface area contributed by atoms with Crippen LogP contribution in [0.4, 0.5) is 0 Å². The molecule has 17 heavy (non-hydrogen) atoms. The van der Waals surface area contributed by atoms with Gasteiger partial charge in [-0.15, -0.1) is 0 Å². The first kappa shape index (κ1) is 11.8. The summed E-state index contributed by atoms with van der Waals surface area (Å²) in [4.78, 5) is 29.0. The van der Waals surface area contributed by atoms with E-state index >= 15 is 0 Å². The topological polar surface area (TPSA) is 131 Å². The summed E-state index contributed by atoms with van der Waals surface area (Å²) in [5.41, 5.74) is -1.49. The van der Waals surface area contributed by atoms with Crippen molar-refractivity contribution in [1.29, 1.82) is 0 Å². The van der Waals surface area contributed by atoms with E-state index in [0.717, 1.165) is 12.3 Å². The van der Waals surface area contributed by atoms with Crippen molar-refractivity contribution in [2.45, 2.75) is 12.3 Å². The van der Waals surface area contributed by atoms with Crippen molar-refractivity contribution in [3.63, 3.8) is 0 Å². The largest absolute Gasteiger partial charge is 0.393 e. The smallest absolute Gasteiger partial charge is 0.350 e. The molecule has 0 bridgehead atoms. The van der Waals surface area contributed by atoms with E-state index in [4.69, 9.17) is 9.94 Å². The Morgan fingerprint density at radius 1 is 1.47 bits per heavy atom. The summed E-state index contributed by atoms with van der Waals surface area (Å²) in [6.07, 6.45) is -1.60. The summed E-state index contributed by atoms with van der Waals surface area (Å²) in [5.74, 6) is 0. The minimum atomic E-state index is -1.53. The fraction of sp³-hybridized carbons (Fsp3) is 0.429. The SMILES string of the molecule is O=c1ccn(N2O[C@H](CO)[C@@H](O)N2O)c(=O)[nH]1. The number of aliphatic hydroxyl groups is 2. The predicted octanol–water partition coefficient (Wildman–Crippen LogP) is -3.29. The summed E-state index contributed by atoms with van der Waals surface area (Å²) in [5, 5.41) is 28.4. The molecule has 0 saturated carbocycles. The molecule has 1 saturated heterocycles. The maximum Gasteiger partial charge on any atom is 0.350 e. The van der Waals surface area contributed by atoms with Crippen LogP contribution in [-0.4, -0.2) is 49.2 Å². The van der Waals surface area contributed by atoms with Crippen LogP contribution in [0.15, 0.2) is 21.9 Å². The summed E-state index contributed by atoms with van der Waals surface area (Å²) >= 11 is 0. The minimum absolute atomic E-state index is 0.209. The standard InChI is InChI=1S/C7H10N4O6/c12-3-4-6(14)10(16)11(17-4)9-2-1-5(13)8-7(9)15/h1-2,4,6,12,14,16H,3H2,(H,8,13,15)/t4-,6-/m1/s1. The second kappa shape index (κ2) is 4.27. The van der Waals surface area contributed by atoms with Crippen LogP contribution in [0.2, 0.25) is 0 Å². The Morgan fingerprint density at radius 3 is 2.71 bits per heavy atom. The number of rotatable bonds is 2. The lowest BCUT2D eigenvalue weighted by Gasteiger charge is -2.22. The molecular formula is C7H10N4O6. The number of aromatic nitrogens is 2. The van der Waals surface area contributed by atoms with Crippen molar-refractivity contribution in [3.05, 3.63) is 33.1 Å². The van der Waals surface area contributed by atoms with Gasteiger partial charge in [0.15, 0.2) is 12.3 Å². The molecular weight excluding hydrogens is 236 g/mol. The van der Waals surface area contributed by atoms with Gasteiger partial charge >= 0.3 is 5.69 Å². The summed E-state index contributed by atoms with van der Waals surface area (Å²) < 4.78 is 0.709. The number of aliphatic hydroxyl groups excluding tert-OH is 2. The quantitative estimate of drug-likeness (QED) is 0.427. The van der Waals surface area contributed by atoms with Crippen molar-refractivity contribution in [2.24, 2.45) is 0 Å². The van der Waals surface area contributed by atoms with Gasteiger partial charge in [0.05, 0.1) is 6.61 Å². The molecule has 2 rings (SSSR count). The van der Waals surface area contributed by atoms with Crippen LogP contribution >= 0.6 is 0 Å². The number of H-pyrrole nitrogens is 1.